The molecule has 3 rings (SSSR count). The number of carbonyl (C=O) groups excluding carboxylic acids is 1. The summed E-state index contributed by atoms with van der Waals surface area (Å²) in [5.41, 5.74) is 0.263. The fourth-order valence-electron chi connectivity index (χ4n) is 3.12. The lowest BCUT2D eigenvalue weighted by atomic mass is 9.99. The lowest BCUT2D eigenvalue weighted by Crippen LogP contribution is -2.45. The minimum absolute atomic E-state index is 0.0920. The second kappa shape index (κ2) is 8.08. The molecule has 27 heavy (non-hydrogen) atoms. The molecule has 7 heteroatoms. The van der Waals surface area contributed by atoms with Gasteiger partial charge in [0.25, 0.3) is 10.0 Å². The van der Waals surface area contributed by atoms with E-state index in [9.17, 15) is 17.6 Å². The average molecular weight is 390 g/mol. The second-order valence-electron chi connectivity index (χ2n) is 6.86. The van der Waals surface area contributed by atoms with E-state index in [1.165, 1.54) is 36.4 Å². The minimum Gasteiger partial charge on any atom is -0.341 e. The normalized spacial score (nSPS) is 15.6. The quantitative estimate of drug-likeness (QED) is 0.787. The average Bonchev–Trinajstić information content (AvgIpc) is 2.68. The van der Waals surface area contributed by atoms with E-state index in [2.05, 4.69) is 6.92 Å². The van der Waals surface area contributed by atoms with E-state index in [0.29, 0.717) is 19.0 Å². The van der Waals surface area contributed by atoms with Gasteiger partial charge in [-0.2, -0.15) is 0 Å². The van der Waals surface area contributed by atoms with Crippen LogP contribution in [0.15, 0.2) is 59.5 Å². The van der Waals surface area contributed by atoms with Gasteiger partial charge in [-0.25, -0.2) is 12.8 Å². The van der Waals surface area contributed by atoms with Crippen LogP contribution in [0.3, 0.4) is 0 Å². The van der Waals surface area contributed by atoms with Gasteiger partial charge in [0, 0.05) is 13.1 Å². The molecule has 1 heterocycles. The summed E-state index contributed by atoms with van der Waals surface area (Å²) in [5, 5.41) is 0. The van der Waals surface area contributed by atoms with E-state index in [4.69, 9.17) is 0 Å². The van der Waals surface area contributed by atoms with Gasteiger partial charge >= 0.3 is 0 Å². The predicted molar refractivity (Wildman–Crippen MR) is 102 cm³/mol. The number of likely N-dealkylation sites (tertiary alicyclic amines) is 1. The molecule has 1 saturated heterocycles. The summed E-state index contributed by atoms with van der Waals surface area (Å²) in [4.78, 5) is 14.6. The molecule has 0 saturated carbocycles. The van der Waals surface area contributed by atoms with Crippen LogP contribution in [-0.4, -0.2) is 38.9 Å². The number of piperidine rings is 1. The number of nitrogens with zero attached hydrogens (tertiary/aromatic N) is 2. The predicted octanol–water partition coefficient (Wildman–Crippen LogP) is 3.28. The molecule has 0 atom stereocenters. The van der Waals surface area contributed by atoms with E-state index >= 15 is 0 Å². The molecule has 1 aliphatic rings. The Bertz CT molecular complexity index is 877. The number of amides is 1. The van der Waals surface area contributed by atoms with E-state index in [1.807, 2.05) is 0 Å². The molecule has 0 N–H and O–H groups in total. The van der Waals surface area contributed by atoms with Crippen molar-refractivity contribution in [2.75, 3.05) is 23.9 Å². The van der Waals surface area contributed by atoms with Crippen LogP contribution < -0.4 is 4.31 Å². The van der Waals surface area contributed by atoms with Gasteiger partial charge in [0.2, 0.25) is 5.91 Å². The number of anilines is 1. The van der Waals surface area contributed by atoms with Gasteiger partial charge in [0.05, 0.1) is 10.6 Å². The van der Waals surface area contributed by atoms with Crippen molar-refractivity contribution in [3.05, 3.63) is 60.4 Å². The summed E-state index contributed by atoms with van der Waals surface area (Å²) in [6, 6.07) is 13.1. The number of rotatable bonds is 5. The molecule has 5 nitrogen and oxygen atoms in total. The first kappa shape index (κ1) is 19.4. The van der Waals surface area contributed by atoms with Crippen LogP contribution in [0, 0.1) is 11.7 Å². The summed E-state index contributed by atoms with van der Waals surface area (Å²) in [6.45, 7) is 3.09. The molecular formula is C20H23FN2O3S. The topological polar surface area (TPSA) is 57.7 Å². The number of benzene rings is 2. The van der Waals surface area contributed by atoms with Gasteiger partial charge in [0.1, 0.15) is 12.4 Å². The third-order valence-electron chi connectivity index (χ3n) is 4.86. The highest BCUT2D eigenvalue weighted by atomic mass is 32.2. The minimum atomic E-state index is -3.95. The molecule has 0 aromatic heterocycles. The zero-order valence-corrected chi connectivity index (χ0v) is 16.0. The maximum atomic E-state index is 13.3. The summed E-state index contributed by atoms with van der Waals surface area (Å²) in [5.74, 6) is -0.145. The smallest absolute Gasteiger partial charge is 0.264 e. The van der Waals surface area contributed by atoms with Crippen LogP contribution >= 0.6 is 0 Å². The third kappa shape index (κ3) is 4.47. The van der Waals surface area contributed by atoms with E-state index in [1.54, 1.807) is 23.1 Å². The zero-order valence-electron chi connectivity index (χ0n) is 15.2. The molecule has 0 spiro atoms. The summed E-state index contributed by atoms with van der Waals surface area (Å²) in [6.07, 6.45) is 1.82. The highest BCUT2D eigenvalue weighted by Gasteiger charge is 2.30. The van der Waals surface area contributed by atoms with Gasteiger partial charge in [-0.05, 0) is 55.2 Å². The molecule has 0 radical (unpaired) electrons. The highest BCUT2D eigenvalue weighted by molar-refractivity contribution is 7.92. The molecule has 144 valence electrons. The van der Waals surface area contributed by atoms with Crippen molar-refractivity contribution in [2.45, 2.75) is 24.7 Å². The molecule has 0 unspecified atom stereocenters. The molecule has 2 aromatic rings. The van der Waals surface area contributed by atoms with Gasteiger partial charge < -0.3 is 4.90 Å². The monoisotopic (exact) mass is 390 g/mol. The molecule has 0 aliphatic carbocycles. The van der Waals surface area contributed by atoms with Gasteiger partial charge in [-0.1, -0.05) is 25.1 Å². The maximum Gasteiger partial charge on any atom is 0.264 e. The number of sulfonamides is 1. The first-order chi connectivity index (χ1) is 12.9. The summed E-state index contributed by atoms with van der Waals surface area (Å²) < 4.78 is 40.7. The summed E-state index contributed by atoms with van der Waals surface area (Å²) in [7, 11) is -3.95. The van der Waals surface area contributed by atoms with E-state index in [0.717, 1.165) is 17.1 Å². The fourth-order valence-corrected chi connectivity index (χ4v) is 4.56. The second-order valence-corrected chi connectivity index (χ2v) is 8.73. The molecular weight excluding hydrogens is 367 g/mol. The van der Waals surface area contributed by atoms with Crippen molar-refractivity contribution in [1.29, 1.82) is 0 Å². The van der Waals surface area contributed by atoms with Crippen molar-refractivity contribution in [3.8, 4) is 0 Å². The lowest BCUT2D eigenvalue weighted by molar-refractivity contribution is -0.130. The van der Waals surface area contributed by atoms with Crippen LogP contribution in [0.4, 0.5) is 10.1 Å². The molecule has 1 fully saturated rings. The third-order valence-corrected chi connectivity index (χ3v) is 6.65. The maximum absolute atomic E-state index is 13.3. The van der Waals surface area contributed by atoms with Gasteiger partial charge in [-0.3, -0.25) is 9.10 Å². The Morgan fingerprint density at radius 3 is 2.26 bits per heavy atom. The Morgan fingerprint density at radius 2 is 1.67 bits per heavy atom. The first-order valence-electron chi connectivity index (χ1n) is 8.99. The number of hydrogen-bond acceptors (Lipinski definition) is 3. The van der Waals surface area contributed by atoms with Crippen molar-refractivity contribution in [1.82, 2.24) is 4.90 Å². The van der Waals surface area contributed by atoms with Crippen molar-refractivity contribution in [3.63, 3.8) is 0 Å². The van der Waals surface area contributed by atoms with Crippen LogP contribution in [0.25, 0.3) is 0 Å². The Balaban J connectivity index is 1.91. The number of halogens is 1. The van der Waals surface area contributed by atoms with Crippen molar-refractivity contribution >= 4 is 21.6 Å². The van der Waals surface area contributed by atoms with Crippen molar-refractivity contribution < 1.29 is 17.6 Å². The largest absolute Gasteiger partial charge is 0.341 e. The molecule has 2 aromatic carbocycles. The molecule has 0 bridgehead atoms. The van der Waals surface area contributed by atoms with Crippen LogP contribution in [0.1, 0.15) is 19.8 Å². The SMILES string of the molecule is CC1CCN(C(=O)CN(c2ccc(F)cc2)S(=O)(=O)c2ccccc2)CC1. The lowest BCUT2D eigenvalue weighted by Gasteiger charge is -2.32. The Morgan fingerprint density at radius 1 is 1.07 bits per heavy atom. The van der Waals surface area contributed by atoms with E-state index in [-0.39, 0.29) is 23.0 Å². The van der Waals surface area contributed by atoms with Crippen LogP contribution in [-0.2, 0) is 14.8 Å². The molecule has 1 amide bonds. The van der Waals surface area contributed by atoms with Crippen LogP contribution in [0.2, 0.25) is 0 Å². The fraction of sp³-hybridized carbons (Fsp3) is 0.350. The first-order valence-corrected chi connectivity index (χ1v) is 10.4. The number of carbonyl (C=O) groups is 1. The molecule has 1 aliphatic heterocycles. The number of hydrogen-bond donors (Lipinski definition) is 0. The Labute approximate surface area is 159 Å². The van der Waals surface area contributed by atoms with Gasteiger partial charge in [0.15, 0.2) is 0 Å². The highest BCUT2D eigenvalue weighted by Crippen LogP contribution is 2.25. The van der Waals surface area contributed by atoms with E-state index < -0.39 is 15.8 Å². The summed E-state index contributed by atoms with van der Waals surface area (Å²) >= 11 is 0. The standard InChI is InChI=1S/C20H23FN2O3S/c1-16-11-13-22(14-12-16)20(24)15-23(18-9-7-17(21)8-10-18)27(25,26)19-5-3-2-4-6-19/h2-10,16H,11-15H2,1H3. The Hall–Kier alpha value is -2.41. The van der Waals surface area contributed by atoms with Crippen molar-refractivity contribution in [2.24, 2.45) is 5.92 Å². The Kier molecular flexibility index (Phi) is 5.79. The zero-order chi connectivity index (χ0) is 19.4. The van der Waals surface area contributed by atoms with Gasteiger partial charge in [-0.15, -0.1) is 0 Å². The van der Waals surface area contributed by atoms with Crippen LogP contribution in [0.5, 0.6) is 0 Å².